The molecule has 2 atom stereocenters. The summed E-state index contributed by atoms with van der Waals surface area (Å²) in [4.78, 5) is 2.11. The number of hydrogen-bond acceptors (Lipinski definition) is 3. The van der Waals surface area contributed by atoms with E-state index in [1.165, 1.54) is 0 Å². The summed E-state index contributed by atoms with van der Waals surface area (Å²) in [7, 11) is 3.70. The number of likely N-dealkylation sites (N-methyl/N-ethyl adjacent to an activating group) is 1. The molecule has 1 rings (SSSR count). The van der Waals surface area contributed by atoms with Crippen molar-refractivity contribution >= 4 is 0 Å². The molecule has 3 nitrogen and oxygen atoms in total. The third kappa shape index (κ3) is 4.11. The molecule has 0 aliphatic carbocycles. The number of aliphatic hydroxyl groups is 1. The molecular formula is C14H23NO2. The van der Waals surface area contributed by atoms with Crippen molar-refractivity contribution < 1.29 is 9.84 Å². The maximum absolute atomic E-state index is 10.5. The maximum Gasteiger partial charge on any atom is 0.0994 e. The lowest BCUT2D eigenvalue weighted by Gasteiger charge is -2.32. The molecule has 0 aliphatic heterocycles. The van der Waals surface area contributed by atoms with Crippen LogP contribution in [0.2, 0.25) is 0 Å². The maximum atomic E-state index is 10.5. The predicted octanol–water partition coefficient (Wildman–Crippen LogP) is 1.86. The van der Waals surface area contributed by atoms with Crippen molar-refractivity contribution in [1.29, 1.82) is 0 Å². The van der Waals surface area contributed by atoms with Crippen molar-refractivity contribution in [3.63, 3.8) is 0 Å². The molecule has 96 valence electrons. The zero-order valence-corrected chi connectivity index (χ0v) is 11.2. The highest BCUT2D eigenvalue weighted by atomic mass is 16.5. The smallest absolute Gasteiger partial charge is 0.0994 e. The van der Waals surface area contributed by atoms with Gasteiger partial charge in [0.25, 0.3) is 0 Å². The Labute approximate surface area is 104 Å². The number of hydrogen-bond donors (Lipinski definition) is 1. The van der Waals surface area contributed by atoms with E-state index >= 15 is 0 Å². The molecule has 0 spiro atoms. The van der Waals surface area contributed by atoms with Gasteiger partial charge in [0, 0.05) is 19.7 Å². The van der Waals surface area contributed by atoms with Gasteiger partial charge in [-0.25, -0.2) is 0 Å². The van der Waals surface area contributed by atoms with E-state index in [4.69, 9.17) is 4.74 Å². The van der Waals surface area contributed by atoms with Crippen LogP contribution >= 0.6 is 0 Å². The van der Waals surface area contributed by atoms with Gasteiger partial charge in [0.05, 0.1) is 12.2 Å². The Balaban J connectivity index is 2.66. The van der Waals surface area contributed by atoms with Gasteiger partial charge in [0.15, 0.2) is 0 Å². The van der Waals surface area contributed by atoms with Crippen LogP contribution in [0.3, 0.4) is 0 Å². The molecule has 0 radical (unpaired) electrons. The van der Waals surface area contributed by atoms with Gasteiger partial charge in [-0.2, -0.15) is 0 Å². The number of benzene rings is 1. The van der Waals surface area contributed by atoms with E-state index < -0.39 is 5.60 Å². The average Bonchev–Trinajstić information content (AvgIpc) is 2.30. The van der Waals surface area contributed by atoms with Crippen molar-refractivity contribution in [2.45, 2.75) is 25.5 Å². The lowest BCUT2D eigenvalue weighted by Crippen LogP contribution is -2.42. The molecule has 0 saturated heterocycles. The van der Waals surface area contributed by atoms with Gasteiger partial charge in [-0.05, 0) is 26.5 Å². The second kappa shape index (κ2) is 6.15. The van der Waals surface area contributed by atoms with Crippen molar-refractivity contribution in [2.75, 3.05) is 27.3 Å². The SMILES string of the molecule is COCC(C)N(C)CC(C)(O)c1ccccc1. The molecule has 0 bridgehead atoms. The first-order valence-corrected chi connectivity index (χ1v) is 5.94. The normalized spacial score (nSPS) is 16.8. The molecule has 1 aromatic carbocycles. The van der Waals surface area contributed by atoms with E-state index in [9.17, 15) is 5.11 Å². The zero-order chi connectivity index (χ0) is 12.9. The fourth-order valence-electron chi connectivity index (χ4n) is 1.90. The highest BCUT2D eigenvalue weighted by Crippen LogP contribution is 2.21. The molecule has 3 heteroatoms. The number of rotatable bonds is 6. The Hall–Kier alpha value is -0.900. The van der Waals surface area contributed by atoms with Crippen LogP contribution < -0.4 is 0 Å². The number of ether oxygens (including phenoxy) is 1. The summed E-state index contributed by atoms with van der Waals surface area (Å²) in [5.74, 6) is 0. The number of methoxy groups -OCH3 is 1. The first kappa shape index (κ1) is 14.2. The predicted molar refractivity (Wildman–Crippen MR) is 70.0 cm³/mol. The molecule has 0 fully saturated rings. The monoisotopic (exact) mass is 237 g/mol. The summed E-state index contributed by atoms with van der Waals surface area (Å²) in [6, 6.07) is 10.0. The fourth-order valence-corrected chi connectivity index (χ4v) is 1.90. The van der Waals surface area contributed by atoms with Gasteiger partial charge in [-0.15, -0.1) is 0 Å². The van der Waals surface area contributed by atoms with E-state index in [2.05, 4.69) is 11.8 Å². The van der Waals surface area contributed by atoms with Gasteiger partial charge in [-0.3, -0.25) is 4.90 Å². The van der Waals surface area contributed by atoms with Gasteiger partial charge < -0.3 is 9.84 Å². The van der Waals surface area contributed by atoms with Crippen LogP contribution in [0, 0.1) is 0 Å². The first-order chi connectivity index (χ1) is 7.97. The quantitative estimate of drug-likeness (QED) is 0.819. The molecule has 0 aliphatic rings. The van der Waals surface area contributed by atoms with Crippen LogP contribution in [-0.4, -0.2) is 43.4 Å². The largest absolute Gasteiger partial charge is 0.384 e. The van der Waals surface area contributed by atoms with Gasteiger partial charge in [0.1, 0.15) is 0 Å². The molecular weight excluding hydrogens is 214 g/mol. The van der Waals surface area contributed by atoms with Gasteiger partial charge >= 0.3 is 0 Å². The summed E-state index contributed by atoms with van der Waals surface area (Å²) in [6.45, 7) is 5.19. The van der Waals surface area contributed by atoms with E-state index in [1.54, 1.807) is 7.11 Å². The molecule has 17 heavy (non-hydrogen) atoms. The Bertz CT molecular complexity index is 324. The standard InChI is InChI=1S/C14H23NO2/c1-12(10-17-4)15(3)11-14(2,16)13-8-6-5-7-9-13/h5-9,12,16H,10-11H2,1-4H3. The fraction of sp³-hybridized carbons (Fsp3) is 0.571. The van der Waals surface area contributed by atoms with E-state index in [0.29, 0.717) is 13.2 Å². The van der Waals surface area contributed by atoms with Crippen LogP contribution in [0.4, 0.5) is 0 Å². The molecule has 0 saturated carbocycles. The minimum Gasteiger partial charge on any atom is -0.384 e. The lowest BCUT2D eigenvalue weighted by atomic mass is 9.95. The van der Waals surface area contributed by atoms with Gasteiger partial charge in [-0.1, -0.05) is 30.3 Å². The zero-order valence-electron chi connectivity index (χ0n) is 11.2. The van der Waals surface area contributed by atoms with Crippen LogP contribution in [0.5, 0.6) is 0 Å². The van der Waals surface area contributed by atoms with Crippen LogP contribution in [0.15, 0.2) is 30.3 Å². The summed E-state index contributed by atoms with van der Waals surface area (Å²) >= 11 is 0. The number of nitrogens with zero attached hydrogens (tertiary/aromatic N) is 1. The lowest BCUT2D eigenvalue weighted by molar-refractivity contribution is 0.00218. The van der Waals surface area contributed by atoms with Crippen molar-refractivity contribution in [2.24, 2.45) is 0 Å². The van der Waals surface area contributed by atoms with E-state index in [1.807, 2.05) is 44.3 Å². The van der Waals surface area contributed by atoms with Crippen molar-refractivity contribution in [1.82, 2.24) is 4.90 Å². The second-order valence-electron chi connectivity index (χ2n) is 4.86. The summed E-state index contributed by atoms with van der Waals surface area (Å²) in [5, 5.41) is 10.5. The van der Waals surface area contributed by atoms with Crippen LogP contribution in [-0.2, 0) is 10.3 Å². The third-order valence-electron chi connectivity index (χ3n) is 3.11. The Morgan fingerprint density at radius 2 is 1.94 bits per heavy atom. The molecule has 2 unspecified atom stereocenters. The Morgan fingerprint density at radius 3 is 2.47 bits per heavy atom. The first-order valence-electron chi connectivity index (χ1n) is 5.94. The van der Waals surface area contributed by atoms with Crippen LogP contribution in [0.1, 0.15) is 19.4 Å². The molecule has 0 heterocycles. The van der Waals surface area contributed by atoms with Crippen LogP contribution in [0.25, 0.3) is 0 Å². The summed E-state index contributed by atoms with van der Waals surface area (Å²) in [6.07, 6.45) is 0. The minimum atomic E-state index is -0.835. The second-order valence-corrected chi connectivity index (χ2v) is 4.86. The minimum absolute atomic E-state index is 0.287. The van der Waals surface area contributed by atoms with E-state index in [0.717, 1.165) is 5.56 Å². The van der Waals surface area contributed by atoms with E-state index in [-0.39, 0.29) is 6.04 Å². The molecule has 0 aromatic heterocycles. The average molecular weight is 237 g/mol. The molecule has 1 aromatic rings. The van der Waals surface area contributed by atoms with Gasteiger partial charge in [0.2, 0.25) is 0 Å². The summed E-state index contributed by atoms with van der Waals surface area (Å²) < 4.78 is 5.12. The Kier molecular flexibility index (Phi) is 5.12. The topological polar surface area (TPSA) is 32.7 Å². The Morgan fingerprint density at radius 1 is 1.35 bits per heavy atom. The highest BCUT2D eigenvalue weighted by Gasteiger charge is 2.26. The summed E-state index contributed by atoms with van der Waals surface area (Å²) in [5.41, 5.74) is 0.106. The van der Waals surface area contributed by atoms with Crippen molar-refractivity contribution in [3.05, 3.63) is 35.9 Å². The highest BCUT2D eigenvalue weighted by molar-refractivity contribution is 5.21. The molecule has 1 N–H and O–H groups in total. The van der Waals surface area contributed by atoms with Crippen molar-refractivity contribution in [3.8, 4) is 0 Å². The third-order valence-corrected chi connectivity index (χ3v) is 3.11. The molecule has 0 amide bonds.